The highest BCUT2D eigenvalue weighted by Gasteiger charge is 2.50. The van der Waals surface area contributed by atoms with E-state index in [4.69, 9.17) is 0 Å². The number of rotatable bonds is 6. The van der Waals surface area contributed by atoms with Crippen LogP contribution in [0, 0.1) is 23.2 Å². The van der Waals surface area contributed by atoms with Gasteiger partial charge in [-0.15, -0.1) is 0 Å². The van der Waals surface area contributed by atoms with Crippen molar-refractivity contribution in [3.8, 4) is 0 Å². The highest BCUT2D eigenvalue weighted by atomic mass is 16.3. The van der Waals surface area contributed by atoms with Crippen LogP contribution in [0.15, 0.2) is 35.5 Å². The second-order valence-electron chi connectivity index (χ2n) is 11.4. The molecular weight excluding hydrogens is 388 g/mol. The summed E-state index contributed by atoms with van der Waals surface area (Å²) in [5.74, 6) is 1.74. The first-order chi connectivity index (χ1) is 14.4. The Morgan fingerprint density at radius 2 is 1.90 bits per heavy atom. The van der Waals surface area contributed by atoms with Gasteiger partial charge in [-0.05, 0) is 99.5 Å². The monoisotopic (exact) mass is 432 g/mol. The van der Waals surface area contributed by atoms with Gasteiger partial charge < -0.3 is 20.4 Å². The van der Waals surface area contributed by atoms with Crippen molar-refractivity contribution in [3.05, 3.63) is 35.5 Å². The summed E-state index contributed by atoms with van der Waals surface area (Å²) in [6.45, 7) is 12.2. The zero-order chi connectivity index (χ0) is 23.0. The summed E-state index contributed by atoms with van der Waals surface area (Å²) in [6, 6.07) is 0. The van der Waals surface area contributed by atoms with E-state index in [-0.39, 0.29) is 5.41 Å². The van der Waals surface area contributed by atoms with E-state index in [2.05, 4.69) is 32.6 Å². The van der Waals surface area contributed by atoms with Gasteiger partial charge in [-0.2, -0.15) is 0 Å². The van der Waals surface area contributed by atoms with E-state index < -0.39 is 23.9 Å². The van der Waals surface area contributed by atoms with Gasteiger partial charge in [0, 0.05) is 6.42 Å². The third-order valence-electron chi connectivity index (χ3n) is 8.70. The summed E-state index contributed by atoms with van der Waals surface area (Å²) in [7, 11) is 0. The quantitative estimate of drug-likeness (QED) is 0.491. The molecule has 31 heavy (non-hydrogen) atoms. The number of aliphatic hydroxyl groups excluding tert-OH is 3. The van der Waals surface area contributed by atoms with Gasteiger partial charge in [-0.1, -0.05) is 38.2 Å². The molecule has 3 rings (SSSR count). The number of hydrogen-bond acceptors (Lipinski definition) is 4. The molecule has 0 amide bonds. The topological polar surface area (TPSA) is 80.9 Å². The highest BCUT2D eigenvalue weighted by Crippen LogP contribution is 2.60. The molecule has 0 aliphatic heterocycles. The van der Waals surface area contributed by atoms with Gasteiger partial charge in [0.1, 0.15) is 0 Å². The van der Waals surface area contributed by atoms with E-state index in [1.165, 1.54) is 31.3 Å². The smallest absolute Gasteiger partial charge is 0.0849 e. The fourth-order valence-corrected chi connectivity index (χ4v) is 6.65. The van der Waals surface area contributed by atoms with Crippen LogP contribution in [0.3, 0.4) is 0 Å². The molecule has 0 aromatic carbocycles. The molecule has 4 nitrogen and oxygen atoms in total. The molecule has 0 radical (unpaired) electrons. The lowest BCUT2D eigenvalue weighted by Crippen LogP contribution is -2.38. The average Bonchev–Trinajstić information content (AvgIpc) is 3.04. The number of hydrogen-bond donors (Lipinski definition) is 4. The molecule has 176 valence electrons. The SMILES string of the molecule is C=C1/C(=C\C=C2CCC[C@@]3(C)C2CC[C@@H]3[C@H](C)CC[C@H](O)C(C)(C)O)C[C@@H](O)C[C@H]1O. The van der Waals surface area contributed by atoms with Crippen molar-refractivity contribution in [1.82, 2.24) is 0 Å². The van der Waals surface area contributed by atoms with Crippen LogP contribution in [0.1, 0.15) is 85.5 Å². The normalized spacial score (nSPS) is 39.0. The molecule has 3 saturated carbocycles. The van der Waals surface area contributed by atoms with E-state index in [0.717, 1.165) is 24.0 Å². The summed E-state index contributed by atoms with van der Waals surface area (Å²) in [5.41, 5.74) is 2.48. The molecule has 0 bridgehead atoms. The summed E-state index contributed by atoms with van der Waals surface area (Å²) in [5, 5.41) is 40.5. The first-order valence-electron chi connectivity index (χ1n) is 12.3. The molecule has 0 aromatic heterocycles. The Bertz CT molecular complexity index is 715. The van der Waals surface area contributed by atoms with E-state index in [1.54, 1.807) is 13.8 Å². The van der Waals surface area contributed by atoms with Gasteiger partial charge >= 0.3 is 0 Å². The standard InChI is InChI=1S/C27H44O4/c1-17(8-13-25(30)26(3,4)31)22-11-12-23-19(7-6-14-27(22,23)5)9-10-20-15-21(28)16-24(29)18(20)2/h9-10,17,21-25,28-31H,2,6-8,11-16H2,1,3-5H3/b19-9?,20-10-/t17-,21-,22-,23?,24-,25+,27-/m1/s1. The molecule has 0 heterocycles. The van der Waals surface area contributed by atoms with Gasteiger partial charge in [0.25, 0.3) is 0 Å². The Kier molecular flexibility index (Phi) is 7.57. The lowest BCUT2D eigenvalue weighted by Gasteiger charge is -2.44. The Labute approximate surface area is 188 Å². The second kappa shape index (κ2) is 9.51. The number of allylic oxidation sites excluding steroid dienone is 3. The largest absolute Gasteiger partial charge is 0.393 e. The predicted octanol–water partition coefficient (Wildman–Crippen LogP) is 4.68. The van der Waals surface area contributed by atoms with Gasteiger partial charge in [-0.25, -0.2) is 0 Å². The molecule has 4 N–H and O–H groups in total. The van der Waals surface area contributed by atoms with Crippen LogP contribution in [0.25, 0.3) is 0 Å². The molecule has 3 aliphatic rings. The summed E-state index contributed by atoms with van der Waals surface area (Å²) >= 11 is 0. The molecule has 3 aliphatic carbocycles. The Morgan fingerprint density at radius 3 is 2.58 bits per heavy atom. The third kappa shape index (κ3) is 5.35. The molecule has 0 aromatic rings. The molecular formula is C27H44O4. The van der Waals surface area contributed by atoms with Crippen LogP contribution in [0.2, 0.25) is 0 Å². The van der Waals surface area contributed by atoms with Crippen molar-refractivity contribution in [1.29, 1.82) is 0 Å². The van der Waals surface area contributed by atoms with Crippen LogP contribution < -0.4 is 0 Å². The van der Waals surface area contributed by atoms with Gasteiger partial charge in [0.2, 0.25) is 0 Å². The second-order valence-corrected chi connectivity index (χ2v) is 11.4. The van der Waals surface area contributed by atoms with Crippen molar-refractivity contribution < 1.29 is 20.4 Å². The minimum absolute atomic E-state index is 0.282. The highest BCUT2D eigenvalue weighted by molar-refractivity contribution is 5.38. The summed E-state index contributed by atoms with van der Waals surface area (Å²) < 4.78 is 0. The lowest BCUT2D eigenvalue weighted by atomic mass is 9.60. The van der Waals surface area contributed by atoms with Gasteiger partial charge in [0.05, 0.1) is 23.9 Å². The van der Waals surface area contributed by atoms with Crippen molar-refractivity contribution in [2.75, 3.05) is 0 Å². The fourth-order valence-electron chi connectivity index (χ4n) is 6.65. The van der Waals surface area contributed by atoms with Crippen LogP contribution in [-0.2, 0) is 0 Å². The number of fused-ring (bicyclic) bond motifs is 1. The average molecular weight is 433 g/mol. The molecule has 1 unspecified atom stereocenters. The van der Waals surface area contributed by atoms with Crippen LogP contribution in [0.5, 0.6) is 0 Å². The number of aliphatic hydroxyl groups is 4. The Hall–Kier alpha value is -0.940. The van der Waals surface area contributed by atoms with E-state index >= 15 is 0 Å². The van der Waals surface area contributed by atoms with E-state index in [1.807, 2.05) is 0 Å². The van der Waals surface area contributed by atoms with E-state index in [0.29, 0.717) is 37.0 Å². The van der Waals surface area contributed by atoms with Crippen molar-refractivity contribution in [3.63, 3.8) is 0 Å². The van der Waals surface area contributed by atoms with Crippen molar-refractivity contribution in [2.24, 2.45) is 23.2 Å². The zero-order valence-corrected chi connectivity index (χ0v) is 20.0. The van der Waals surface area contributed by atoms with Gasteiger partial charge in [0.15, 0.2) is 0 Å². The maximum atomic E-state index is 10.3. The van der Waals surface area contributed by atoms with Crippen LogP contribution >= 0.6 is 0 Å². The third-order valence-corrected chi connectivity index (χ3v) is 8.70. The maximum Gasteiger partial charge on any atom is 0.0849 e. The maximum absolute atomic E-state index is 10.3. The first-order valence-corrected chi connectivity index (χ1v) is 12.3. The minimum atomic E-state index is -1.04. The molecule has 3 fully saturated rings. The molecule has 4 heteroatoms. The molecule has 0 saturated heterocycles. The minimum Gasteiger partial charge on any atom is -0.393 e. The predicted molar refractivity (Wildman–Crippen MR) is 125 cm³/mol. The summed E-state index contributed by atoms with van der Waals surface area (Å²) in [6.07, 6.45) is 11.1. The van der Waals surface area contributed by atoms with Crippen molar-refractivity contribution in [2.45, 2.75) is 109 Å². The zero-order valence-electron chi connectivity index (χ0n) is 20.0. The Balaban J connectivity index is 1.71. The van der Waals surface area contributed by atoms with E-state index in [9.17, 15) is 20.4 Å². The van der Waals surface area contributed by atoms with Crippen LogP contribution in [0.4, 0.5) is 0 Å². The first kappa shape index (κ1) is 24.7. The molecule has 7 atom stereocenters. The molecule has 0 spiro atoms. The summed E-state index contributed by atoms with van der Waals surface area (Å²) in [4.78, 5) is 0. The van der Waals surface area contributed by atoms with Crippen molar-refractivity contribution >= 4 is 0 Å². The fraction of sp³-hybridized carbons (Fsp3) is 0.778. The lowest BCUT2D eigenvalue weighted by molar-refractivity contribution is -0.0554. The van der Waals surface area contributed by atoms with Crippen LogP contribution in [-0.4, -0.2) is 44.3 Å². The Morgan fingerprint density at radius 1 is 1.19 bits per heavy atom. The van der Waals surface area contributed by atoms with Gasteiger partial charge in [-0.3, -0.25) is 0 Å².